The highest BCUT2D eigenvalue weighted by Crippen LogP contribution is 2.32. The van der Waals surface area contributed by atoms with Crippen molar-refractivity contribution in [2.24, 2.45) is 11.8 Å². The van der Waals surface area contributed by atoms with Crippen LogP contribution in [-0.4, -0.2) is 22.9 Å². The van der Waals surface area contributed by atoms with Gasteiger partial charge in [-0.1, -0.05) is 25.4 Å². The van der Waals surface area contributed by atoms with Crippen LogP contribution >= 0.6 is 11.6 Å². The number of hydrogen-bond acceptors (Lipinski definition) is 3. The maximum Gasteiger partial charge on any atom is 0.337 e. The molecule has 2 rings (SSSR count). The molecule has 2 unspecified atom stereocenters. The van der Waals surface area contributed by atoms with Crippen molar-refractivity contribution in [3.63, 3.8) is 0 Å². The van der Waals surface area contributed by atoms with E-state index in [1.54, 1.807) is 13.8 Å². The molecule has 1 fully saturated rings. The van der Waals surface area contributed by atoms with Gasteiger partial charge in [-0.25, -0.2) is 4.79 Å². The Labute approximate surface area is 114 Å². The largest absolute Gasteiger partial charge is 0.478 e. The molecule has 6 heteroatoms. The zero-order valence-corrected chi connectivity index (χ0v) is 11.1. The molecule has 2 amide bonds. The Morgan fingerprint density at radius 1 is 1.21 bits per heavy atom. The number of carbonyl (C=O) groups is 3. The van der Waals surface area contributed by atoms with Crippen LogP contribution in [0, 0.1) is 11.8 Å². The number of carbonyl (C=O) groups excluding carboxylic acids is 2. The highest BCUT2D eigenvalue weighted by molar-refractivity contribution is 6.34. The second kappa shape index (κ2) is 4.66. The lowest BCUT2D eigenvalue weighted by Crippen LogP contribution is -2.30. The van der Waals surface area contributed by atoms with E-state index in [2.05, 4.69) is 0 Å². The van der Waals surface area contributed by atoms with Gasteiger partial charge in [0.1, 0.15) is 0 Å². The summed E-state index contributed by atoms with van der Waals surface area (Å²) in [4.78, 5) is 36.1. The van der Waals surface area contributed by atoms with Gasteiger partial charge < -0.3 is 5.11 Å². The van der Waals surface area contributed by atoms with Crippen LogP contribution < -0.4 is 4.90 Å². The Morgan fingerprint density at radius 3 is 2.21 bits per heavy atom. The molecule has 1 saturated heterocycles. The van der Waals surface area contributed by atoms with E-state index in [1.165, 1.54) is 18.2 Å². The van der Waals surface area contributed by atoms with Gasteiger partial charge in [-0.3, -0.25) is 14.5 Å². The Morgan fingerprint density at radius 2 is 1.74 bits per heavy atom. The summed E-state index contributed by atoms with van der Waals surface area (Å²) < 4.78 is 0. The molecular weight excluding hydrogens is 270 g/mol. The number of amides is 2. The third kappa shape index (κ3) is 2.10. The molecule has 0 radical (unpaired) electrons. The summed E-state index contributed by atoms with van der Waals surface area (Å²) in [7, 11) is 0. The van der Waals surface area contributed by atoms with Gasteiger partial charge in [0.25, 0.3) is 0 Å². The maximum atomic E-state index is 12.0. The average Bonchev–Trinajstić information content (AvgIpc) is 2.55. The lowest BCUT2D eigenvalue weighted by molar-refractivity contribution is -0.122. The minimum absolute atomic E-state index is 0.0661. The number of nitrogens with zero attached hydrogens (tertiary/aromatic N) is 1. The van der Waals surface area contributed by atoms with Crippen molar-refractivity contribution in [1.82, 2.24) is 0 Å². The Kier molecular flexibility index (Phi) is 3.32. The first-order valence-corrected chi connectivity index (χ1v) is 6.13. The van der Waals surface area contributed by atoms with Crippen LogP contribution in [0.1, 0.15) is 24.2 Å². The standard InChI is InChI=1S/C13H12ClNO4/c1-6-7(2)12(17)15(11(6)16)8-3-4-10(14)9(5-8)13(18)19/h3-7H,1-2H3,(H,18,19). The van der Waals surface area contributed by atoms with Crippen molar-refractivity contribution in [1.29, 1.82) is 0 Å². The normalized spacial score (nSPS) is 23.0. The predicted octanol–water partition coefficient (Wildman–Crippen LogP) is 2.18. The van der Waals surface area contributed by atoms with Gasteiger partial charge in [-0.2, -0.15) is 0 Å². The van der Waals surface area contributed by atoms with Gasteiger partial charge in [0.05, 0.1) is 16.3 Å². The second-order valence-electron chi connectivity index (χ2n) is 4.56. The molecule has 0 saturated carbocycles. The maximum absolute atomic E-state index is 12.0. The van der Waals surface area contributed by atoms with Crippen LogP contribution in [0.5, 0.6) is 0 Å². The van der Waals surface area contributed by atoms with Gasteiger partial charge in [-0.05, 0) is 18.2 Å². The fraction of sp³-hybridized carbons (Fsp3) is 0.308. The molecule has 5 nitrogen and oxygen atoms in total. The number of carboxylic acids is 1. The number of benzene rings is 1. The lowest BCUT2D eigenvalue weighted by atomic mass is 10.00. The molecule has 1 aliphatic heterocycles. The third-order valence-corrected chi connectivity index (χ3v) is 3.74. The van der Waals surface area contributed by atoms with Crippen LogP contribution in [0.3, 0.4) is 0 Å². The van der Waals surface area contributed by atoms with E-state index in [0.717, 1.165) is 4.90 Å². The zero-order valence-electron chi connectivity index (χ0n) is 10.4. The topological polar surface area (TPSA) is 74.7 Å². The first-order chi connectivity index (χ1) is 8.84. The summed E-state index contributed by atoms with van der Waals surface area (Å²) in [5, 5.41) is 9.06. The van der Waals surface area contributed by atoms with Crippen molar-refractivity contribution < 1.29 is 19.5 Å². The molecule has 0 aliphatic carbocycles. The molecule has 0 bridgehead atoms. The van der Waals surface area contributed by atoms with E-state index in [-0.39, 0.29) is 28.1 Å². The lowest BCUT2D eigenvalue weighted by Gasteiger charge is -2.15. The third-order valence-electron chi connectivity index (χ3n) is 3.41. The summed E-state index contributed by atoms with van der Waals surface area (Å²) in [5.74, 6) is -2.66. The first-order valence-electron chi connectivity index (χ1n) is 5.75. The summed E-state index contributed by atoms with van der Waals surface area (Å²) in [6, 6.07) is 4.08. The van der Waals surface area contributed by atoms with Crippen LogP contribution in [0.2, 0.25) is 5.02 Å². The summed E-state index contributed by atoms with van der Waals surface area (Å²) in [5.41, 5.74) is 0.111. The molecule has 1 N–H and O–H groups in total. The molecule has 1 aromatic carbocycles. The van der Waals surface area contributed by atoms with E-state index in [4.69, 9.17) is 16.7 Å². The van der Waals surface area contributed by atoms with E-state index < -0.39 is 17.8 Å². The number of halogens is 1. The van der Waals surface area contributed by atoms with Gasteiger partial charge in [0.15, 0.2) is 0 Å². The monoisotopic (exact) mass is 281 g/mol. The first kappa shape index (κ1) is 13.5. The molecule has 1 aromatic rings. The number of aromatic carboxylic acids is 1. The Hall–Kier alpha value is -1.88. The van der Waals surface area contributed by atoms with E-state index in [0.29, 0.717) is 0 Å². The zero-order chi connectivity index (χ0) is 14.3. The van der Waals surface area contributed by atoms with E-state index in [1.807, 2.05) is 0 Å². The summed E-state index contributed by atoms with van der Waals surface area (Å²) in [6.45, 7) is 3.36. The number of carboxylic acid groups (broad SMARTS) is 1. The number of imide groups is 1. The smallest absolute Gasteiger partial charge is 0.337 e. The highest BCUT2D eigenvalue weighted by Gasteiger charge is 2.43. The molecule has 0 spiro atoms. The molecule has 100 valence electrons. The minimum atomic E-state index is -1.20. The van der Waals surface area contributed by atoms with Crippen LogP contribution in [0.15, 0.2) is 18.2 Å². The minimum Gasteiger partial charge on any atom is -0.478 e. The number of hydrogen-bond donors (Lipinski definition) is 1. The van der Waals surface area contributed by atoms with Crippen LogP contribution in [-0.2, 0) is 9.59 Å². The second-order valence-corrected chi connectivity index (χ2v) is 4.97. The summed E-state index contributed by atoms with van der Waals surface area (Å²) in [6.07, 6.45) is 0. The van der Waals surface area contributed by atoms with Gasteiger partial charge in [0, 0.05) is 11.8 Å². The summed E-state index contributed by atoms with van der Waals surface area (Å²) >= 11 is 5.76. The quantitative estimate of drug-likeness (QED) is 0.843. The molecule has 2 atom stereocenters. The van der Waals surface area contributed by atoms with Gasteiger partial charge in [-0.15, -0.1) is 0 Å². The average molecular weight is 282 g/mol. The van der Waals surface area contributed by atoms with Crippen LogP contribution in [0.4, 0.5) is 5.69 Å². The van der Waals surface area contributed by atoms with E-state index in [9.17, 15) is 14.4 Å². The van der Waals surface area contributed by atoms with Crippen molar-refractivity contribution in [2.45, 2.75) is 13.8 Å². The molecule has 19 heavy (non-hydrogen) atoms. The van der Waals surface area contributed by atoms with Crippen molar-refractivity contribution in [3.05, 3.63) is 28.8 Å². The fourth-order valence-corrected chi connectivity index (χ4v) is 2.21. The molecule has 1 heterocycles. The number of rotatable bonds is 2. The molecular formula is C13H12ClNO4. The molecule has 0 aromatic heterocycles. The molecule has 1 aliphatic rings. The van der Waals surface area contributed by atoms with Gasteiger partial charge in [0.2, 0.25) is 11.8 Å². The Balaban J connectivity index is 2.48. The predicted molar refractivity (Wildman–Crippen MR) is 69.2 cm³/mol. The highest BCUT2D eigenvalue weighted by atomic mass is 35.5. The Bertz CT molecular complexity index is 564. The van der Waals surface area contributed by atoms with Crippen molar-refractivity contribution in [3.8, 4) is 0 Å². The van der Waals surface area contributed by atoms with Crippen molar-refractivity contribution in [2.75, 3.05) is 4.90 Å². The van der Waals surface area contributed by atoms with Crippen LogP contribution in [0.25, 0.3) is 0 Å². The van der Waals surface area contributed by atoms with Gasteiger partial charge >= 0.3 is 5.97 Å². The van der Waals surface area contributed by atoms with Crippen molar-refractivity contribution >= 4 is 35.1 Å². The van der Waals surface area contributed by atoms with E-state index >= 15 is 0 Å². The number of anilines is 1. The SMILES string of the molecule is CC1C(=O)N(c2ccc(Cl)c(C(=O)O)c2)C(=O)C1C. The fourth-order valence-electron chi connectivity index (χ4n) is 2.01.